The molecular weight excluding hydrogens is 352 g/mol. The molecule has 0 radical (unpaired) electrons. The molecule has 10 nitrogen and oxygen atoms in total. The lowest BCUT2D eigenvalue weighted by molar-refractivity contribution is -0.142. The number of aromatic nitrogens is 4. The summed E-state index contributed by atoms with van der Waals surface area (Å²) >= 11 is 0. The number of hydrogen-bond donors (Lipinski definition) is 3. The van der Waals surface area contributed by atoms with Gasteiger partial charge in [0.05, 0.1) is 6.54 Å². The highest BCUT2D eigenvalue weighted by atomic mass is 16.4. The molecular formula is C17H22N6O4. The first-order valence-corrected chi connectivity index (χ1v) is 8.47. The summed E-state index contributed by atoms with van der Waals surface area (Å²) in [5, 5.41) is 25.7. The Balaban J connectivity index is 1.81. The quantitative estimate of drug-likeness (QED) is 0.564. The van der Waals surface area contributed by atoms with Crippen molar-refractivity contribution in [1.29, 1.82) is 0 Å². The molecule has 0 saturated heterocycles. The number of benzene rings is 1. The van der Waals surface area contributed by atoms with Crippen LogP contribution in [-0.4, -0.2) is 55.7 Å². The molecule has 0 fully saturated rings. The van der Waals surface area contributed by atoms with Crippen LogP contribution in [0, 0.1) is 5.92 Å². The average molecular weight is 374 g/mol. The molecule has 144 valence electrons. The van der Waals surface area contributed by atoms with Crippen molar-refractivity contribution in [2.45, 2.75) is 32.9 Å². The van der Waals surface area contributed by atoms with Gasteiger partial charge in [0.25, 0.3) is 0 Å². The number of carboxylic acids is 1. The van der Waals surface area contributed by atoms with Gasteiger partial charge in [-0.2, -0.15) is 4.80 Å². The third kappa shape index (κ3) is 6.49. The summed E-state index contributed by atoms with van der Waals surface area (Å²) in [6, 6.07) is 8.20. The number of hydrogen-bond acceptors (Lipinski definition) is 6. The van der Waals surface area contributed by atoms with Crippen LogP contribution in [0.3, 0.4) is 0 Å². The Morgan fingerprint density at radius 3 is 2.48 bits per heavy atom. The molecule has 2 amide bonds. The smallest absolute Gasteiger partial charge is 0.326 e. The van der Waals surface area contributed by atoms with Crippen molar-refractivity contribution in [3.8, 4) is 11.4 Å². The third-order valence-corrected chi connectivity index (χ3v) is 3.56. The summed E-state index contributed by atoms with van der Waals surface area (Å²) < 4.78 is 0. The number of carbonyl (C=O) groups excluding carboxylic acids is 2. The van der Waals surface area contributed by atoms with Crippen molar-refractivity contribution in [3.05, 3.63) is 30.3 Å². The lowest BCUT2D eigenvalue weighted by atomic mass is 10.0. The number of nitrogens with one attached hydrogen (secondary N) is 2. The standard InChI is InChI=1S/C17H22N6O4/c1-11(2)8-13(17(26)27)19-14(24)9-18-15(25)10-23-21-16(20-22-23)12-6-4-3-5-7-12/h3-7,11,13H,8-10H2,1-2H3,(H,18,25)(H,19,24)(H,26,27)/t13-/m0/s1. The molecule has 10 heteroatoms. The normalized spacial score (nSPS) is 11.8. The molecule has 2 aromatic rings. The van der Waals surface area contributed by atoms with Gasteiger partial charge in [-0.25, -0.2) is 4.79 Å². The number of rotatable bonds is 9. The van der Waals surface area contributed by atoms with Gasteiger partial charge < -0.3 is 15.7 Å². The second kappa shape index (κ2) is 9.41. The van der Waals surface area contributed by atoms with Crippen LogP contribution in [0.4, 0.5) is 0 Å². The summed E-state index contributed by atoms with van der Waals surface area (Å²) in [4.78, 5) is 36.0. The average Bonchev–Trinajstić information content (AvgIpc) is 3.08. The number of nitrogens with zero attached hydrogens (tertiary/aromatic N) is 4. The molecule has 0 unspecified atom stereocenters. The Morgan fingerprint density at radius 1 is 1.15 bits per heavy atom. The van der Waals surface area contributed by atoms with Gasteiger partial charge >= 0.3 is 5.97 Å². The van der Waals surface area contributed by atoms with Crippen LogP contribution in [-0.2, 0) is 20.9 Å². The maximum atomic E-state index is 11.9. The Labute approximate surface area is 155 Å². The van der Waals surface area contributed by atoms with Gasteiger partial charge in [-0.15, -0.1) is 10.2 Å². The van der Waals surface area contributed by atoms with Crippen molar-refractivity contribution in [2.24, 2.45) is 5.92 Å². The van der Waals surface area contributed by atoms with Crippen molar-refractivity contribution < 1.29 is 19.5 Å². The number of amides is 2. The summed E-state index contributed by atoms with van der Waals surface area (Å²) in [7, 11) is 0. The predicted octanol–water partition coefficient (Wildman–Crippen LogP) is 0.0718. The summed E-state index contributed by atoms with van der Waals surface area (Å²) in [5.74, 6) is -1.67. The van der Waals surface area contributed by atoms with Crippen molar-refractivity contribution in [2.75, 3.05) is 6.54 Å². The van der Waals surface area contributed by atoms with E-state index < -0.39 is 23.8 Å². The van der Waals surface area contributed by atoms with E-state index in [1.807, 2.05) is 44.2 Å². The van der Waals surface area contributed by atoms with Crippen LogP contribution < -0.4 is 10.6 Å². The first-order valence-electron chi connectivity index (χ1n) is 8.47. The molecule has 2 rings (SSSR count). The SMILES string of the molecule is CC(C)C[C@H](NC(=O)CNC(=O)Cn1nnc(-c2ccccc2)n1)C(=O)O. The second-order valence-electron chi connectivity index (χ2n) is 6.37. The summed E-state index contributed by atoms with van der Waals surface area (Å²) in [6.07, 6.45) is 0.306. The number of carbonyl (C=O) groups is 3. The topological polar surface area (TPSA) is 139 Å². The summed E-state index contributed by atoms with van der Waals surface area (Å²) in [6.45, 7) is 3.18. The van der Waals surface area contributed by atoms with Crippen LogP contribution in [0.5, 0.6) is 0 Å². The Morgan fingerprint density at radius 2 is 1.85 bits per heavy atom. The highest BCUT2D eigenvalue weighted by Gasteiger charge is 2.21. The van der Waals surface area contributed by atoms with Gasteiger partial charge in [0.15, 0.2) is 0 Å². The monoisotopic (exact) mass is 374 g/mol. The van der Waals surface area contributed by atoms with E-state index in [9.17, 15) is 14.4 Å². The maximum absolute atomic E-state index is 11.9. The van der Waals surface area contributed by atoms with E-state index in [4.69, 9.17) is 5.11 Å². The minimum atomic E-state index is -1.11. The number of aliphatic carboxylic acids is 1. The fraction of sp³-hybridized carbons (Fsp3) is 0.412. The van der Waals surface area contributed by atoms with E-state index in [1.165, 1.54) is 0 Å². The maximum Gasteiger partial charge on any atom is 0.326 e. The summed E-state index contributed by atoms with van der Waals surface area (Å²) in [5.41, 5.74) is 0.772. The van der Waals surface area contributed by atoms with Crippen LogP contribution >= 0.6 is 0 Å². The largest absolute Gasteiger partial charge is 0.480 e. The van der Waals surface area contributed by atoms with E-state index in [0.717, 1.165) is 10.4 Å². The van der Waals surface area contributed by atoms with E-state index in [0.29, 0.717) is 12.2 Å². The number of tetrazole rings is 1. The molecule has 0 saturated carbocycles. The van der Waals surface area contributed by atoms with Gasteiger partial charge in [0, 0.05) is 5.56 Å². The fourth-order valence-electron chi connectivity index (χ4n) is 2.31. The first-order chi connectivity index (χ1) is 12.8. The molecule has 1 atom stereocenters. The van der Waals surface area contributed by atoms with Crippen molar-refractivity contribution in [3.63, 3.8) is 0 Å². The molecule has 27 heavy (non-hydrogen) atoms. The highest BCUT2D eigenvalue weighted by Crippen LogP contribution is 2.11. The van der Waals surface area contributed by atoms with Gasteiger partial charge in [0.2, 0.25) is 17.6 Å². The zero-order chi connectivity index (χ0) is 19.8. The fourth-order valence-corrected chi connectivity index (χ4v) is 2.31. The molecule has 0 aliphatic rings. The van der Waals surface area contributed by atoms with Crippen LogP contribution in [0.15, 0.2) is 30.3 Å². The Hall–Kier alpha value is -3.30. The first kappa shape index (κ1) is 20.0. The zero-order valence-electron chi connectivity index (χ0n) is 15.1. The lowest BCUT2D eigenvalue weighted by Crippen LogP contribution is -2.46. The van der Waals surface area contributed by atoms with Gasteiger partial charge in [-0.05, 0) is 17.6 Å². The zero-order valence-corrected chi connectivity index (χ0v) is 15.1. The molecule has 0 aliphatic heterocycles. The molecule has 0 aliphatic carbocycles. The minimum absolute atomic E-state index is 0.109. The lowest BCUT2D eigenvalue weighted by Gasteiger charge is -2.16. The number of carboxylic acid groups (broad SMARTS) is 1. The molecule has 1 heterocycles. The van der Waals surface area contributed by atoms with Crippen LogP contribution in [0.2, 0.25) is 0 Å². The third-order valence-electron chi connectivity index (χ3n) is 3.56. The van der Waals surface area contributed by atoms with E-state index in [2.05, 4.69) is 26.0 Å². The molecule has 0 bridgehead atoms. The minimum Gasteiger partial charge on any atom is -0.480 e. The van der Waals surface area contributed by atoms with Gasteiger partial charge in [-0.1, -0.05) is 44.2 Å². The second-order valence-corrected chi connectivity index (χ2v) is 6.37. The predicted molar refractivity (Wildman–Crippen MR) is 95.3 cm³/mol. The molecule has 1 aromatic heterocycles. The molecule has 3 N–H and O–H groups in total. The van der Waals surface area contributed by atoms with E-state index >= 15 is 0 Å². The molecule has 1 aromatic carbocycles. The van der Waals surface area contributed by atoms with E-state index in [-0.39, 0.29) is 19.0 Å². The van der Waals surface area contributed by atoms with E-state index in [1.54, 1.807) is 0 Å². The van der Waals surface area contributed by atoms with Gasteiger partial charge in [-0.3, -0.25) is 9.59 Å². The van der Waals surface area contributed by atoms with Crippen molar-refractivity contribution >= 4 is 17.8 Å². The van der Waals surface area contributed by atoms with Crippen LogP contribution in [0.25, 0.3) is 11.4 Å². The Bertz CT molecular complexity index is 790. The molecule has 0 spiro atoms. The van der Waals surface area contributed by atoms with Crippen molar-refractivity contribution in [1.82, 2.24) is 30.8 Å². The highest BCUT2D eigenvalue weighted by molar-refractivity contribution is 5.87. The Kier molecular flexibility index (Phi) is 6.98. The van der Waals surface area contributed by atoms with Crippen LogP contribution in [0.1, 0.15) is 20.3 Å². The van der Waals surface area contributed by atoms with Gasteiger partial charge in [0.1, 0.15) is 12.6 Å².